The molecule has 1 atom stereocenters. The largest absolute Gasteiger partial charge is 0.618 e. The summed E-state index contributed by atoms with van der Waals surface area (Å²) in [4.78, 5) is 30.0. The first-order valence-corrected chi connectivity index (χ1v) is 13.0. The Hall–Kier alpha value is -3.72. The molecule has 2 aliphatic rings. The predicted octanol–water partition coefficient (Wildman–Crippen LogP) is 5.15. The van der Waals surface area contributed by atoms with Crippen LogP contribution in [0.25, 0.3) is 11.1 Å². The van der Waals surface area contributed by atoms with E-state index < -0.39 is 24.0 Å². The van der Waals surface area contributed by atoms with Crippen molar-refractivity contribution in [2.75, 3.05) is 5.32 Å². The van der Waals surface area contributed by atoms with Gasteiger partial charge in [0.25, 0.3) is 0 Å². The summed E-state index contributed by atoms with van der Waals surface area (Å²) in [5.41, 5.74) is 1.49. The van der Waals surface area contributed by atoms with Gasteiger partial charge in [-0.3, -0.25) is 4.79 Å². The van der Waals surface area contributed by atoms with Crippen LogP contribution in [-0.4, -0.2) is 23.0 Å². The number of anilines is 1. The Bertz CT molecular complexity index is 1340. The fourth-order valence-corrected chi connectivity index (χ4v) is 5.11. The molecular formula is C28H28ClFN4O4. The molecule has 5 rings (SSSR count). The minimum Gasteiger partial charge on any atom is -0.618 e. The van der Waals surface area contributed by atoms with Crippen LogP contribution in [0.5, 0.6) is 0 Å². The van der Waals surface area contributed by atoms with E-state index in [1.165, 1.54) is 24.4 Å². The number of nitrogens with one attached hydrogen (secondary N) is 2. The van der Waals surface area contributed by atoms with E-state index in [0.29, 0.717) is 22.1 Å². The number of pyridine rings is 2. The molecular weight excluding hydrogens is 511 g/mol. The molecule has 2 heterocycles. The molecule has 0 spiro atoms. The molecule has 198 valence electrons. The van der Waals surface area contributed by atoms with Crippen molar-refractivity contribution in [3.63, 3.8) is 0 Å². The van der Waals surface area contributed by atoms with E-state index in [1.54, 1.807) is 6.92 Å². The van der Waals surface area contributed by atoms with Gasteiger partial charge in [-0.15, -0.1) is 0 Å². The molecule has 0 unspecified atom stereocenters. The van der Waals surface area contributed by atoms with Crippen molar-refractivity contribution in [1.29, 1.82) is 0 Å². The van der Waals surface area contributed by atoms with Crippen molar-refractivity contribution in [2.45, 2.75) is 45.3 Å². The average molecular weight is 539 g/mol. The lowest BCUT2D eigenvalue weighted by atomic mass is 9.89. The fraction of sp³-hybridized carbons (Fsp3) is 0.357. The van der Waals surface area contributed by atoms with Crippen molar-refractivity contribution >= 4 is 29.4 Å². The molecule has 10 heteroatoms. The van der Waals surface area contributed by atoms with Crippen molar-refractivity contribution in [3.8, 4) is 11.1 Å². The molecule has 2 N–H and O–H groups in total. The van der Waals surface area contributed by atoms with Gasteiger partial charge in [-0.05, 0) is 67.2 Å². The second-order valence-electron chi connectivity index (χ2n) is 9.94. The summed E-state index contributed by atoms with van der Waals surface area (Å²) in [6, 6.07) is 12.8. The van der Waals surface area contributed by atoms with Gasteiger partial charge >= 0.3 is 6.09 Å². The van der Waals surface area contributed by atoms with Crippen molar-refractivity contribution < 1.29 is 23.4 Å². The zero-order valence-corrected chi connectivity index (χ0v) is 21.6. The molecule has 0 bridgehead atoms. The Morgan fingerprint density at radius 3 is 2.45 bits per heavy atom. The van der Waals surface area contributed by atoms with E-state index in [-0.39, 0.29) is 34.6 Å². The first-order valence-electron chi connectivity index (χ1n) is 12.6. The Labute approximate surface area is 224 Å². The number of carbonyl (C=O) groups is 2. The molecule has 0 saturated heterocycles. The molecule has 38 heavy (non-hydrogen) atoms. The number of hydrogen-bond acceptors (Lipinski definition) is 5. The van der Waals surface area contributed by atoms with Gasteiger partial charge in [0.15, 0.2) is 11.9 Å². The number of aromatic nitrogens is 2. The van der Waals surface area contributed by atoms with Crippen LogP contribution in [0.2, 0.25) is 5.02 Å². The van der Waals surface area contributed by atoms with Crippen LogP contribution in [-0.2, 0) is 16.1 Å². The Kier molecular flexibility index (Phi) is 7.46. The van der Waals surface area contributed by atoms with E-state index in [4.69, 9.17) is 16.3 Å². The Morgan fingerprint density at radius 2 is 1.82 bits per heavy atom. The van der Waals surface area contributed by atoms with Crippen LogP contribution >= 0.6 is 11.6 Å². The van der Waals surface area contributed by atoms with Crippen LogP contribution in [0.3, 0.4) is 0 Å². The minimum absolute atomic E-state index is 0.000674. The first-order chi connectivity index (χ1) is 18.3. The molecule has 2 aromatic heterocycles. The van der Waals surface area contributed by atoms with Gasteiger partial charge in [-0.2, -0.15) is 9.12 Å². The monoisotopic (exact) mass is 538 g/mol. The molecule has 2 saturated carbocycles. The lowest BCUT2D eigenvalue weighted by molar-refractivity contribution is -0.611. The molecule has 0 aliphatic heterocycles. The van der Waals surface area contributed by atoms with Gasteiger partial charge in [0.05, 0.1) is 5.56 Å². The van der Waals surface area contributed by atoms with Crippen molar-refractivity contribution in [2.24, 2.45) is 17.8 Å². The zero-order valence-electron chi connectivity index (χ0n) is 20.8. The highest BCUT2D eigenvalue weighted by atomic mass is 35.5. The van der Waals surface area contributed by atoms with Crippen LogP contribution in [0.4, 0.5) is 15.0 Å². The number of amides is 2. The molecule has 8 nitrogen and oxygen atoms in total. The minimum atomic E-state index is -0.860. The van der Waals surface area contributed by atoms with E-state index in [2.05, 4.69) is 15.6 Å². The summed E-state index contributed by atoms with van der Waals surface area (Å²) in [5.74, 6) is -0.651. The number of hydrogen-bond donors (Lipinski definition) is 2. The summed E-state index contributed by atoms with van der Waals surface area (Å²) in [7, 11) is 0. The maximum Gasteiger partial charge on any atom is 0.408 e. The maximum atomic E-state index is 15.0. The smallest absolute Gasteiger partial charge is 0.408 e. The summed E-state index contributed by atoms with van der Waals surface area (Å²) in [6.45, 7) is 1.63. The van der Waals surface area contributed by atoms with Crippen LogP contribution in [0.15, 0.2) is 54.7 Å². The van der Waals surface area contributed by atoms with Gasteiger partial charge in [-0.1, -0.05) is 41.9 Å². The molecule has 3 aromatic rings. The standard InChI is InChI=1S/C28H28ClFN4O4/c1-16-22(13-20(29)14-34(16)37)21-11-12-23(31-26(21)30)32-27(35)25(24(18-7-8-18)19-9-10-19)33-28(36)38-15-17-5-3-2-4-6-17/h2-6,11-14,18-19,24-25H,7-10,15H2,1H3,(H,33,36)(H,31,32,35)/t25-/m0/s1. The first kappa shape index (κ1) is 25.9. The number of carbonyl (C=O) groups excluding carboxylic acids is 2. The third-order valence-corrected chi connectivity index (χ3v) is 7.33. The van der Waals surface area contributed by atoms with Crippen LogP contribution < -0.4 is 15.4 Å². The van der Waals surface area contributed by atoms with E-state index in [0.717, 1.165) is 31.2 Å². The normalized spacial score (nSPS) is 15.7. The highest BCUT2D eigenvalue weighted by molar-refractivity contribution is 6.30. The van der Waals surface area contributed by atoms with Crippen LogP contribution in [0.1, 0.15) is 36.9 Å². The fourth-order valence-electron chi connectivity index (χ4n) is 4.91. The third kappa shape index (κ3) is 6.05. The molecule has 2 aliphatic carbocycles. The summed E-state index contributed by atoms with van der Waals surface area (Å²) in [5, 5.41) is 17.6. The van der Waals surface area contributed by atoms with E-state index in [1.807, 2.05) is 30.3 Å². The van der Waals surface area contributed by atoms with Crippen molar-refractivity contribution in [3.05, 3.63) is 82.2 Å². The predicted molar refractivity (Wildman–Crippen MR) is 139 cm³/mol. The molecule has 2 amide bonds. The second kappa shape index (κ2) is 10.9. The third-order valence-electron chi connectivity index (χ3n) is 7.12. The van der Waals surface area contributed by atoms with Gasteiger partial charge in [0.2, 0.25) is 11.9 Å². The van der Waals surface area contributed by atoms with Crippen molar-refractivity contribution in [1.82, 2.24) is 10.3 Å². The van der Waals surface area contributed by atoms with Gasteiger partial charge in [0, 0.05) is 12.5 Å². The van der Waals surface area contributed by atoms with Gasteiger partial charge in [0.1, 0.15) is 23.5 Å². The van der Waals surface area contributed by atoms with E-state index >= 15 is 4.39 Å². The number of alkyl carbamates (subject to hydrolysis) is 1. The highest BCUT2D eigenvalue weighted by Gasteiger charge is 2.48. The average Bonchev–Trinajstić information content (AvgIpc) is 3.81. The quantitative estimate of drug-likeness (QED) is 0.222. The number of rotatable bonds is 9. The SMILES string of the molecule is Cc1c(-c2ccc(NC(=O)[C@@H](NC(=O)OCc3ccccc3)C(C3CC3)C3CC3)nc2F)cc(Cl)c[n+]1[O-]. The number of benzene rings is 1. The summed E-state index contributed by atoms with van der Waals surface area (Å²) in [6.07, 6.45) is 4.53. The summed E-state index contributed by atoms with van der Waals surface area (Å²) >= 11 is 5.98. The maximum absolute atomic E-state index is 15.0. The Morgan fingerprint density at radius 1 is 1.13 bits per heavy atom. The number of ether oxygens (including phenoxy) is 1. The number of nitrogens with zero attached hydrogens (tertiary/aromatic N) is 2. The van der Waals surface area contributed by atoms with Gasteiger partial charge < -0.3 is 20.6 Å². The molecule has 0 radical (unpaired) electrons. The molecule has 2 fully saturated rings. The Balaban J connectivity index is 1.32. The summed E-state index contributed by atoms with van der Waals surface area (Å²) < 4.78 is 21.0. The highest BCUT2D eigenvalue weighted by Crippen LogP contribution is 2.50. The van der Waals surface area contributed by atoms with E-state index in [9.17, 15) is 14.8 Å². The van der Waals surface area contributed by atoms with Crippen LogP contribution in [0, 0.1) is 35.8 Å². The molecule has 1 aromatic carbocycles. The lowest BCUT2D eigenvalue weighted by Crippen LogP contribution is -2.50. The topological polar surface area (TPSA) is 107 Å². The van der Waals surface area contributed by atoms with Gasteiger partial charge in [-0.25, -0.2) is 9.78 Å². The number of halogens is 2. The zero-order chi connectivity index (χ0) is 26.8. The second-order valence-corrected chi connectivity index (χ2v) is 10.4. The lowest BCUT2D eigenvalue weighted by Gasteiger charge is -2.27.